The Morgan fingerprint density at radius 3 is 2.61 bits per heavy atom. The number of ether oxygens (including phenoxy) is 1. The normalized spacial score (nSPS) is 25.3. The topological polar surface area (TPSA) is 79.0 Å². The molecule has 2 fully saturated rings. The second-order valence-corrected chi connectivity index (χ2v) is 6.21. The van der Waals surface area contributed by atoms with E-state index >= 15 is 0 Å². The summed E-state index contributed by atoms with van der Waals surface area (Å²) in [5.41, 5.74) is -1.14. The highest BCUT2D eigenvalue weighted by atomic mass is 19.4. The summed E-state index contributed by atoms with van der Waals surface area (Å²) < 4.78 is 43.7. The maximum atomic E-state index is 12.9. The molecule has 0 radical (unpaired) electrons. The van der Waals surface area contributed by atoms with Gasteiger partial charge in [0.2, 0.25) is 11.8 Å². The van der Waals surface area contributed by atoms with Gasteiger partial charge in [-0.05, 0) is 13.8 Å². The van der Waals surface area contributed by atoms with E-state index in [4.69, 9.17) is 4.74 Å². The molecule has 1 N–H and O–H groups in total. The van der Waals surface area contributed by atoms with Crippen LogP contribution in [0.2, 0.25) is 0 Å². The van der Waals surface area contributed by atoms with Crippen molar-refractivity contribution in [1.82, 2.24) is 15.1 Å². The van der Waals surface area contributed by atoms with Gasteiger partial charge in [-0.2, -0.15) is 13.2 Å². The van der Waals surface area contributed by atoms with Crippen molar-refractivity contribution < 1.29 is 32.3 Å². The number of carbonyl (C=O) groups excluding carboxylic acids is 3. The molecular formula is C13H18F3N3O4. The van der Waals surface area contributed by atoms with Gasteiger partial charge in [-0.3, -0.25) is 14.9 Å². The smallest absolute Gasteiger partial charge is 0.359 e. The van der Waals surface area contributed by atoms with Crippen LogP contribution in [0.15, 0.2) is 0 Å². The highest BCUT2D eigenvalue weighted by molar-refractivity contribution is 5.98. The molecule has 23 heavy (non-hydrogen) atoms. The lowest BCUT2D eigenvalue weighted by atomic mass is 10.0. The fourth-order valence-electron chi connectivity index (χ4n) is 2.56. The van der Waals surface area contributed by atoms with Gasteiger partial charge in [0.25, 0.3) is 0 Å². The van der Waals surface area contributed by atoms with Crippen LogP contribution in [0.25, 0.3) is 0 Å². The minimum absolute atomic E-state index is 0.00714. The first-order valence-corrected chi connectivity index (χ1v) is 7.09. The van der Waals surface area contributed by atoms with Gasteiger partial charge in [-0.25, -0.2) is 4.79 Å². The van der Waals surface area contributed by atoms with Gasteiger partial charge in [0.05, 0.1) is 12.1 Å². The van der Waals surface area contributed by atoms with Gasteiger partial charge in [0.1, 0.15) is 6.54 Å². The van der Waals surface area contributed by atoms with Crippen LogP contribution in [0, 0.1) is 0 Å². The summed E-state index contributed by atoms with van der Waals surface area (Å²) in [5.74, 6) is -1.05. The number of hydrogen-bond donors (Lipinski definition) is 1. The molecule has 0 aromatic carbocycles. The molecule has 0 aromatic heterocycles. The molecule has 0 aromatic rings. The third-order valence-electron chi connectivity index (χ3n) is 3.61. The van der Waals surface area contributed by atoms with E-state index in [-0.39, 0.29) is 26.1 Å². The number of halogens is 3. The summed E-state index contributed by atoms with van der Waals surface area (Å²) in [6.45, 7) is 2.01. The average molecular weight is 337 g/mol. The van der Waals surface area contributed by atoms with Crippen molar-refractivity contribution in [3.8, 4) is 0 Å². The first kappa shape index (κ1) is 17.5. The van der Waals surface area contributed by atoms with Crippen molar-refractivity contribution in [1.29, 1.82) is 0 Å². The van der Waals surface area contributed by atoms with Crippen LogP contribution in [0.4, 0.5) is 18.0 Å². The minimum atomic E-state index is -4.58. The largest absolute Gasteiger partial charge is 0.416 e. The van der Waals surface area contributed by atoms with Crippen LogP contribution in [-0.4, -0.2) is 71.7 Å². The maximum Gasteiger partial charge on any atom is 0.416 e. The molecule has 1 atom stereocenters. The van der Waals surface area contributed by atoms with Crippen LogP contribution in [0.5, 0.6) is 0 Å². The fraction of sp³-hybridized carbons (Fsp3) is 0.769. The van der Waals surface area contributed by atoms with Gasteiger partial charge in [0.15, 0.2) is 6.10 Å². The predicted molar refractivity (Wildman–Crippen MR) is 71.3 cm³/mol. The third-order valence-corrected chi connectivity index (χ3v) is 3.61. The zero-order valence-corrected chi connectivity index (χ0v) is 12.8. The van der Waals surface area contributed by atoms with E-state index < -0.39 is 42.3 Å². The molecule has 2 saturated heterocycles. The van der Waals surface area contributed by atoms with Gasteiger partial charge in [-0.15, -0.1) is 0 Å². The summed E-state index contributed by atoms with van der Waals surface area (Å²) >= 11 is 0. The third kappa shape index (κ3) is 4.34. The Labute approximate surface area is 130 Å². The molecule has 0 bridgehead atoms. The fourth-order valence-corrected chi connectivity index (χ4v) is 2.56. The molecular weight excluding hydrogens is 319 g/mol. The lowest BCUT2D eigenvalue weighted by Crippen LogP contribution is -2.60. The van der Waals surface area contributed by atoms with Gasteiger partial charge >= 0.3 is 12.2 Å². The van der Waals surface area contributed by atoms with Crippen molar-refractivity contribution in [3.63, 3.8) is 0 Å². The molecule has 130 valence electrons. The molecule has 2 aliphatic rings. The van der Waals surface area contributed by atoms with Crippen LogP contribution < -0.4 is 5.32 Å². The number of hydrogen-bond acceptors (Lipinski definition) is 4. The second kappa shape index (κ2) is 5.99. The molecule has 2 aliphatic heterocycles. The van der Waals surface area contributed by atoms with Crippen LogP contribution in [0.1, 0.15) is 20.3 Å². The Morgan fingerprint density at radius 1 is 1.39 bits per heavy atom. The van der Waals surface area contributed by atoms with Crippen LogP contribution >= 0.6 is 0 Å². The van der Waals surface area contributed by atoms with E-state index in [0.29, 0.717) is 0 Å². The number of nitrogens with one attached hydrogen (secondary N) is 1. The van der Waals surface area contributed by atoms with Crippen LogP contribution in [0.3, 0.4) is 0 Å². The predicted octanol–water partition coefficient (Wildman–Crippen LogP) is 0.497. The second-order valence-electron chi connectivity index (χ2n) is 6.21. The number of nitrogens with zero attached hydrogens (tertiary/aromatic N) is 2. The molecule has 0 aliphatic carbocycles. The number of urea groups is 1. The quantitative estimate of drug-likeness (QED) is 0.796. The van der Waals surface area contributed by atoms with Gasteiger partial charge in [-0.1, -0.05) is 0 Å². The molecule has 1 unspecified atom stereocenters. The Kier molecular flexibility index (Phi) is 4.56. The Balaban J connectivity index is 2.03. The summed E-state index contributed by atoms with van der Waals surface area (Å²) in [7, 11) is 0. The molecule has 2 heterocycles. The Bertz CT molecular complexity index is 521. The molecule has 7 nitrogen and oxygen atoms in total. The number of amides is 4. The summed E-state index contributed by atoms with van der Waals surface area (Å²) in [6, 6.07) is -0.713. The molecule has 0 spiro atoms. The van der Waals surface area contributed by atoms with Crippen molar-refractivity contribution in [3.05, 3.63) is 0 Å². The van der Waals surface area contributed by atoms with Crippen molar-refractivity contribution in [2.45, 2.75) is 38.1 Å². The summed E-state index contributed by atoms with van der Waals surface area (Å²) in [4.78, 5) is 37.0. The first-order valence-electron chi connectivity index (χ1n) is 7.09. The zero-order valence-electron chi connectivity index (χ0n) is 12.8. The van der Waals surface area contributed by atoms with E-state index in [2.05, 4.69) is 5.32 Å². The van der Waals surface area contributed by atoms with E-state index in [1.807, 2.05) is 0 Å². The van der Waals surface area contributed by atoms with Gasteiger partial charge < -0.3 is 14.5 Å². The highest BCUT2D eigenvalue weighted by Crippen LogP contribution is 2.31. The molecule has 0 saturated carbocycles. The summed E-state index contributed by atoms with van der Waals surface area (Å²) in [6.07, 6.45) is -6.59. The van der Waals surface area contributed by atoms with E-state index in [1.165, 1.54) is 13.8 Å². The average Bonchev–Trinajstić information content (AvgIpc) is 2.39. The first-order chi connectivity index (χ1) is 10.5. The molecule has 10 heteroatoms. The highest BCUT2D eigenvalue weighted by Gasteiger charge is 2.49. The lowest BCUT2D eigenvalue weighted by Gasteiger charge is -2.43. The number of carbonyl (C=O) groups is 3. The molecule has 2 rings (SSSR count). The van der Waals surface area contributed by atoms with Crippen LogP contribution in [-0.2, 0) is 14.3 Å². The minimum Gasteiger partial charge on any atom is -0.359 e. The van der Waals surface area contributed by atoms with E-state index in [9.17, 15) is 27.6 Å². The van der Waals surface area contributed by atoms with Gasteiger partial charge in [0, 0.05) is 19.5 Å². The Morgan fingerprint density at radius 2 is 2.04 bits per heavy atom. The summed E-state index contributed by atoms with van der Waals surface area (Å²) in [5, 5.41) is 2.06. The number of morpholine rings is 1. The SMILES string of the molecule is CC1(C)CN(C(=O)CN2CCC(=O)NC2=O)CC(C(F)(F)F)O1. The molecule has 4 amide bonds. The van der Waals surface area contributed by atoms with Crippen molar-refractivity contribution in [2.24, 2.45) is 0 Å². The monoisotopic (exact) mass is 337 g/mol. The number of rotatable bonds is 2. The number of alkyl halides is 3. The maximum absolute atomic E-state index is 12.9. The standard InChI is InChI=1S/C13H18F3N3O4/c1-12(2)7-19(5-8(23-12)13(14,15)16)10(21)6-18-4-3-9(20)17-11(18)22/h8H,3-7H2,1-2H3,(H,17,20,22). The number of imide groups is 1. The van der Waals surface area contributed by atoms with E-state index in [1.54, 1.807) is 0 Å². The van der Waals surface area contributed by atoms with Crippen molar-refractivity contribution in [2.75, 3.05) is 26.2 Å². The lowest BCUT2D eigenvalue weighted by molar-refractivity contribution is -0.270. The zero-order chi connectivity index (χ0) is 17.4. The van der Waals surface area contributed by atoms with E-state index in [0.717, 1.165) is 9.80 Å². The van der Waals surface area contributed by atoms with Crippen molar-refractivity contribution >= 4 is 17.8 Å². The Hall–Kier alpha value is -1.84.